The number of rotatable bonds is 14. The number of nitrogens with one attached hydrogen (secondary N) is 1. The summed E-state index contributed by atoms with van der Waals surface area (Å²) in [5.74, 6) is -9.92. The predicted octanol–water partition coefficient (Wildman–Crippen LogP) is 3.60. The second-order valence-electron chi connectivity index (χ2n) is 19.5. The van der Waals surface area contributed by atoms with Crippen molar-refractivity contribution >= 4 is 47.5 Å². The molecule has 4 aliphatic rings. The lowest BCUT2D eigenvalue weighted by Gasteiger charge is -2.67. The van der Waals surface area contributed by atoms with Crippen molar-refractivity contribution in [2.45, 2.75) is 134 Å². The number of hydrogen-bond donors (Lipinski definition) is 4. The van der Waals surface area contributed by atoms with Crippen LogP contribution >= 0.6 is 0 Å². The number of ether oxygens (including phenoxy) is 7. The molecule has 2 saturated carbocycles. The molecule has 3 aromatic rings. The van der Waals surface area contributed by atoms with Crippen LogP contribution in [0.3, 0.4) is 0 Å². The molecule has 19 nitrogen and oxygen atoms in total. The Hall–Kier alpha value is -6.80. The standard InChI is InChI=1S/C53H59NO18/c1-27-35(69-49(64)41(70-47(62)29(3)67-46(61)28(2)55)39(32-18-12-9-13-19-32)54-45(60)33-20-14-10-15-21-33)25-53(65)44(71-48(63)34-22-16-11-17-23-34)42-51(8,36(58)24-37-52(42,26-66-37)72-31(5)57)43(59)40(68-30(4)56)38(27)50(53,6)7/h9-23,28-29,35-37,39-42,44,55,58,65H,24-26H2,1-8H3,(H,54,60)/t28-,29-,35+,36+,37-,39?,40-,41-,42?,44+,51-,52+,53-/m1/s1. The van der Waals surface area contributed by atoms with Crippen molar-refractivity contribution in [2.75, 3.05) is 6.61 Å². The van der Waals surface area contributed by atoms with Gasteiger partial charge in [0.2, 0.25) is 6.10 Å². The van der Waals surface area contributed by atoms with Crippen LogP contribution in [0.25, 0.3) is 0 Å². The Bertz CT molecular complexity index is 2640. The third-order valence-electron chi connectivity index (χ3n) is 14.7. The van der Waals surface area contributed by atoms with E-state index in [9.17, 15) is 44.1 Å². The summed E-state index contributed by atoms with van der Waals surface area (Å²) in [5.41, 5.74) is -7.94. The molecule has 0 radical (unpaired) electrons. The summed E-state index contributed by atoms with van der Waals surface area (Å²) >= 11 is 0. The van der Waals surface area contributed by atoms with E-state index in [1.54, 1.807) is 54.6 Å². The van der Waals surface area contributed by atoms with Crippen molar-refractivity contribution in [3.8, 4) is 0 Å². The van der Waals surface area contributed by atoms with Crippen molar-refractivity contribution in [1.29, 1.82) is 0 Å². The Balaban J connectivity index is 1.42. The molecule has 3 aromatic carbocycles. The molecule has 72 heavy (non-hydrogen) atoms. The van der Waals surface area contributed by atoms with Gasteiger partial charge in [0, 0.05) is 37.7 Å². The van der Waals surface area contributed by atoms with Crippen LogP contribution in [0.4, 0.5) is 0 Å². The largest absolute Gasteiger partial charge is 0.455 e. The lowest BCUT2D eigenvalue weighted by atomic mass is 9.44. The van der Waals surface area contributed by atoms with Gasteiger partial charge in [-0.3, -0.25) is 19.2 Å². The van der Waals surface area contributed by atoms with E-state index in [0.717, 1.165) is 27.7 Å². The van der Waals surface area contributed by atoms with Gasteiger partial charge in [0.1, 0.15) is 36.1 Å². The molecule has 0 spiro atoms. The smallest absolute Gasteiger partial charge is 0.350 e. The molecule has 3 fully saturated rings. The van der Waals surface area contributed by atoms with Crippen LogP contribution in [0.2, 0.25) is 0 Å². The Morgan fingerprint density at radius 2 is 1.35 bits per heavy atom. The number of ketones is 1. The normalized spacial score (nSPS) is 29.8. The molecule has 7 rings (SSSR count). The number of fused-ring (bicyclic) bond motifs is 5. The van der Waals surface area contributed by atoms with Crippen molar-refractivity contribution in [2.24, 2.45) is 16.7 Å². The van der Waals surface area contributed by atoms with E-state index in [2.05, 4.69) is 5.32 Å². The van der Waals surface area contributed by atoms with Crippen molar-refractivity contribution in [3.05, 3.63) is 119 Å². The third kappa shape index (κ3) is 9.53. The number of amides is 1. The maximum atomic E-state index is 15.7. The summed E-state index contributed by atoms with van der Waals surface area (Å²) in [4.78, 5) is 112. The first-order chi connectivity index (χ1) is 33.9. The van der Waals surface area contributed by atoms with Crippen LogP contribution in [-0.2, 0) is 61.9 Å². The number of aliphatic hydroxyl groups is 3. The molecule has 4 N–H and O–H groups in total. The lowest BCUT2D eigenvalue weighted by Crippen LogP contribution is -2.82. The highest BCUT2D eigenvalue weighted by atomic mass is 16.6. The summed E-state index contributed by atoms with van der Waals surface area (Å²) in [5, 5.41) is 38.7. The molecular formula is C53H59NO18. The number of aliphatic hydroxyl groups excluding tert-OH is 2. The molecule has 384 valence electrons. The maximum absolute atomic E-state index is 15.7. The third-order valence-corrected chi connectivity index (χ3v) is 14.7. The first-order valence-corrected chi connectivity index (χ1v) is 23.5. The monoisotopic (exact) mass is 997 g/mol. The molecule has 2 unspecified atom stereocenters. The highest BCUT2D eigenvalue weighted by Gasteiger charge is 2.78. The van der Waals surface area contributed by atoms with Gasteiger partial charge < -0.3 is 53.8 Å². The first kappa shape index (κ1) is 53.0. The number of esters is 6. The van der Waals surface area contributed by atoms with E-state index < -0.39 is 137 Å². The minimum Gasteiger partial charge on any atom is -0.455 e. The highest BCUT2D eigenvalue weighted by molar-refractivity contribution is 5.96. The van der Waals surface area contributed by atoms with Crippen molar-refractivity contribution in [1.82, 2.24) is 5.32 Å². The number of carbonyl (C=O) groups excluding carboxylic acids is 8. The van der Waals surface area contributed by atoms with Crippen LogP contribution in [0.1, 0.15) is 101 Å². The molecule has 0 aromatic heterocycles. The van der Waals surface area contributed by atoms with Gasteiger partial charge in [-0.25, -0.2) is 19.2 Å². The summed E-state index contributed by atoms with van der Waals surface area (Å²) in [6.45, 7) is 9.88. The highest BCUT2D eigenvalue weighted by Crippen LogP contribution is 2.64. The molecule has 1 aliphatic heterocycles. The van der Waals surface area contributed by atoms with Crippen molar-refractivity contribution in [3.63, 3.8) is 0 Å². The minimum absolute atomic E-state index is 0.0133. The Labute approximate surface area is 415 Å². The van der Waals surface area contributed by atoms with E-state index in [-0.39, 0.29) is 40.9 Å². The van der Waals surface area contributed by atoms with Crippen LogP contribution in [-0.4, -0.2) is 129 Å². The molecular weight excluding hydrogens is 939 g/mol. The van der Waals surface area contributed by atoms with Crippen molar-refractivity contribution < 1.29 is 86.8 Å². The Kier molecular flexibility index (Phi) is 15.0. The molecule has 13 atom stereocenters. The van der Waals surface area contributed by atoms with E-state index in [1.165, 1.54) is 64.1 Å². The van der Waals surface area contributed by atoms with Gasteiger partial charge in [-0.2, -0.15) is 0 Å². The summed E-state index contributed by atoms with van der Waals surface area (Å²) in [7, 11) is 0. The average molecular weight is 998 g/mol. The number of Topliss-reactive ketones (excluding diaryl/α,β-unsaturated/α-hetero) is 1. The second-order valence-corrected chi connectivity index (χ2v) is 19.5. The zero-order valence-electron chi connectivity index (χ0n) is 41.0. The fourth-order valence-electron chi connectivity index (χ4n) is 10.8. The zero-order chi connectivity index (χ0) is 52.7. The summed E-state index contributed by atoms with van der Waals surface area (Å²) < 4.78 is 41.6. The van der Waals surface area contributed by atoms with Gasteiger partial charge in [-0.05, 0) is 68.7 Å². The van der Waals surface area contributed by atoms with Gasteiger partial charge in [-0.1, -0.05) is 80.6 Å². The fourth-order valence-corrected chi connectivity index (χ4v) is 10.8. The first-order valence-electron chi connectivity index (χ1n) is 23.5. The van der Waals surface area contributed by atoms with E-state index >= 15 is 9.59 Å². The van der Waals surface area contributed by atoms with Gasteiger partial charge >= 0.3 is 35.8 Å². The van der Waals surface area contributed by atoms with Gasteiger partial charge in [-0.15, -0.1) is 0 Å². The predicted molar refractivity (Wildman–Crippen MR) is 249 cm³/mol. The molecule has 19 heteroatoms. The SMILES string of the molecule is CC(=O)O[C@H]1C(=O)[C@@]2(C)C([C@H](OC(=O)c3ccccc3)[C@]3(O)C[C@H](OC(=O)[C@H](OC(=O)[C@@H](C)OC(=O)[C@@H](C)O)C(NC(=O)c4ccccc4)c4ccccc4)C(C)=C1C3(C)C)[C@]1(OC(C)=O)CO[C@@H]1C[C@@H]2O. The number of carbonyl (C=O) groups is 8. The van der Waals surface area contributed by atoms with E-state index in [1.807, 2.05) is 0 Å². The zero-order valence-corrected chi connectivity index (χ0v) is 41.0. The van der Waals surface area contributed by atoms with Crippen LogP contribution in [0, 0.1) is 16.7 Å². The molecule has 1 heterocycles. The second kappa shape index (κ2) is 20.4. The fraction of sp³-hybridized carbons (Fsp3) is 0.472. The summed E-state index contributed by atoms with van der Waals surface area (Å²) in [6, 6.07) is 21.9. The van der Waals surface area contributed by atoms with E-state index in [0.29, 0.717) is 0 Å². The Morgan fingerprint density at radius 1 is 0.764 bits per heavy atom. The maximum Gasteiger partial charge on any atom is 0.350 e. The molecule has 1 saturated heterocycles. The summed E-state index contributed by atoms with van der Waals surface area (Å²) in [6.07, 6.45) is -14.7. The van der Waals surface area contributed by atoms with E-state index in [4.69, 9.17) is 33.2 Å². The average Bonchev–Trinajstić information content (AvgIpc) is 3.33. The molecule has 1 amide bonds. The number of benzene rings is 3. The number of hydrogen-bond acceptors (Lipinski definition) is 18. The van der Waals surface area contributed by atoms with Crippen LogP contribution in [0.5, 0.6) is 0 Å². The lowest BCUT2D eigenvalue weighted by molar-refractivity contribution is -0.346. The van der Waals surface area contributed by atoms with Gasteiger partial charge in [0.05, 0.1) is 29.6 Å². The minimum atomic E-state index is -2.52. The van der Waals surface area contributed by atoms with Gasteiger partial charge in [0.15, 0.2) is 23.6 Å². The Morgan fingerprint density at radius 3 is 1.89 bits per heavy atom. The quantitative estimate of drug-likeness (QED) is 0.102. The topological polar surface area (TPSA) is 274 Å². The van der Waals surface area contributed by atoms with Gasteiger partial charge in [0.25, 0.3) is 5.91 Å². The molecule has 2 bridgehead atoms. The van der Waals surface area contributed by atoms with Crippen LogP contribution in [0.15, 0.2) is 102 Å². The van der Waals surface area contributed by atoms with Crippen LogP contribution < -0.4 is 5.32 Å². The molecule has 3 aliphatic carbocycles.